The van der Waals surface area contributed by atoms with Crippen LogP contribution in [-0.4, -0.2) is 20.2 Å². The zero-order chi connectivity index (χ0) is 12.3. The molecule has 0 spiro atoms. The van der Waals surface area contributed by atoms with E-state index in [0.29, 0.717) is 5.92 Å². The van der Waals surface area contributed by atoms with Gasteiger partial charge in [-0.2, -0.15) is 5.10 Å². The fourth-order valence-corrected chi connectivity index (χ4v) is 3.55. The van der Waals surface area contributed by atoms with E-state index in [9.17, 15) is 0 Å². The van der Waals surface area contributed by atoms with Crippen LogP contribution in [0.15, 0.2) is 6.33 Å². The average molecular weight is 256 g/mol. The highest BCUT2D eigenvalue weighted by Gasteiger charge is 2.28. The van der Waals surface area contributed by atoms with Crippen LogP contribution in [0.25, 0.3) is 20.4 Å². The van der Waals surface area contributed by atoms with Gasteiger partial charge in [-0.05, 0) is 32.3 Å². The average Bonchev–Trinajstić information content (AvgIpc) is 3.14. The van der Waals surface area contributed by atoms with Crippen molar-refractivity contribution in [3.8, 4) is 0 Å². The predicted molar refractivity (Wildman–Crippen MR) is 72.0 cm³/mol. The van der Waals surface area contributed by atoms with Gasteiger partial charge in [-0.3, -0.25) is 0 Å². The Morgan fingerprint density at radius 2 is 2.00 bits per heavy atom. The Balaban J connectivity index is 2.18. The third-order valence-corrected chi connectivity index (χ3v) is 4.74. The summed E-state index contributed by atoms with van der Waals surface area (Å²) in [4.78, 5) is 9.92. The lowest BCUT2D eigenvalue weighted by atomic mass is 10.1. The van der Waals surface area contributed by atoms with Gasteiger partial charge in [-0.15, -0.1) is 16.4 Å². The largest absolute Gasteiger partial charge is 0.240 e. The minimum absolute atomic E-state index is 0.637. The topological polar surface area (TPSA) is 51.6 Å². The van der Waals surface area contributed by atoms with Crippen molar-refractivity contribution >= 4 is 31.8 Å². The third-order valence-electron chi connectivity index (χ3n) is 3.65. The first kappa shape index (κ1) is 10.3. The molecule has 0 bridgehead atoms. The van der Waals surface area contributed by atoms with Crippen molar-refractivity contribution in [2.45, 2.75) is 32.6 Å². The van der Waals surface area contributed by atoms with Crippen molar-refractivity contribution in [1.29, 1.82) is 0 Å². The van der Waals surface area contributed by atoms with Crippen molar-refractivity contribution in [2.75, 3.05) is 0 Å². The number of rotatable bonds is 1. The fraction of sp³-hybridized carbons (Fsp3) is 0.385. The van der Waals surface area contributed by atoms with Gasteiger partial charge < -0.3 is 0 Å². The highest BCUT2D eigenvalue weighted by atomic mass is 32.1. The zero-order valence-electron chi connectivity index (χ0n) is 10.3. The van der Waals surface area contributed by atoms with E-state index in [1.165, 1.54) is 28.8 Å². The fourth-order valence-electron chi connectivity index (χ4n) is 2.35. The van der Waals surface area contributed by atoms with Crippen molar-refractivity contribution in [3.05, 3.63) is 23.3 Å². The van der Waals surface area contributed by atoms with E-state index < -0.39 is 0 Å². The first-order valence-electron chi connectivity index (χ1n) is 6.12. The van der Waals surface area contributed by atoms with Gasteiger partial charge in [0.05, 0.1) is 21.6 Å². The molecule has 0 aromatic carbocycles. The molecule has 5 heteroatoms. The van der Waals surface area contributed by atoms with Crippen LogP contribution in [0.5, 0.6) is 0 Å². The monoisotopic (exact) mass is 256 g/mol. The number of aryl methyl sites for hydroxylation is 2. The minimum Gasteiger partial charge on any atom is -0.240 e. The van der Waals surface area contributed by atoms with Crippen molar-refractivity contribution in [2.24, 2.45) is 0 Å². The van der Waals surface area contributed by atoms with E-state index in [-0.39, 0.29) is 0 Å². The van der Waals surface area contributed by atoms with E-state index in [1.807, 2.05) is 6.92 Å². The van der Waals surface area contributed by atoms with Gasteiger partial charge in [0.1, 0.15) is 11.2 Å². The summed E-state index contributed by atoms with van der Waals surface area (Å²) in [6, 6.07) is 0. The second-order valence-corrected chi connectivity index (χ2v) is 5.90. The summed E-state index contributed by atoms with van der Waals surface area (Å²) < 4.78 is 1.21. The van der Waals surface area contributed by atoms with Crippen LogP contribution in [0.1, 0.15) is 35.7 Å². The summed E-state index contributed by atoms with van der Waals surface area (Å²) in [6.07, 6.45) is 4.20. The molecule has 90 valence electrons. The lowest BCUT2D eigenvalue weighted by molar-refractivity contribution is 1.01. The summed E-state index contributed by atoms with van der Waals surface area (Å²) in [6.45, 7) is 4.09. The van der Waals surface area contributed by atoms with Gasteiger partial charge in [-0.25, -0.2) is 9.97 Å². The quantitative estimate of drug-likeness (QED) is 0.671. The van der Waals surface area contributed by atoms with Crippen molar-refractivity contribution < 1.29 is 0 Å². The van der Waals surface area contributed by atoms with E-state index in [2.05, 4.69) is 27.1 Å². The molecule has 1 fully saturated rings. The van der Waals surface area contributed by atoms with Gasteiger partial charge in [0.25, 0.3) is 0 Å². The smallest absolute Gasteiger partial charge is 0.149 e. The third kappa shape index (κ3) is 1.31. The Hall–Kier alpha value is -1.62. The highest BCUT2D eigenvalue weighted by Crippen LogP contribution is 2.45. The van der Waals surface area contributed by atoms with Gasteiger partial charge in [0.15, 0.2) is 0 Å². The zero-order valence-corrected chi connectivity index (χ0v) is 11.1. The Morgan fingerprint density at radius 1 is 1.17 bits per heavy atom. The molecule has 0 atom stereocenters. The molecule has 1 aliphatic carbocycles. The second kappa shape index (κ2) is 3.45. The molecule has 3 aromatic heterocycles. The van der Waals surface area contributed by atoms with E-state index >= 15 is 0 Å². The normalized spacial score (nSPS) is 15.7. The van der Waals surface area contributed by atoms with Crippen molar-refractivity contribution in [3.63, 3.8) is 0 Å². The predicted octanol–water partition coefficient (Wildman–Crippen LogP) is 3.13. The van der Waals surface area contributed by atoms with E-state index in [4.69, 9.17) is 0 Å². The van der Waals surface area contributed by atoms with Crippen LogP contribution in [0, 0.1) is 13.8 Å². The molecule has 0 saturated heterocycles. The molecule has 4 nitrogen and oxygen atoms in total. The van der Waals surface area contributed by atoms with Crippen LogP contribution in [-0.2, 0) is 0 Å². The van der Waals surface area contributed by atoms with Gasteiger partial charge >= 0.3 is 0 Å². The number of hydrogen-bond donors (Lipinski definition) is 0. The SMILES string of the molecule is Cc1nnc2sc3c(C4CC4)ncnc3c2c1C. The maximum atomic E-state index is 4.47. The van der Waals surface area contributed by atoms with Crippen LogP contribution in [0.4, 0.5) is 0 Å². The van der Waals surface area contributed by atoms with Crippen LogP contribution in [0.3, 0.4) is 0 Å². The summed E-state index contributed by atoms with van der Waals surface area (Å²) in [5.41, 5.74) is 4.43. The van der Waals surface area contributed by atoms with Crippen molar-refractivity contribution in [1.82, 2.24) is 20.2 Å². The molecule has 0 radical (unpaired) electrons. The number of nitrogens with zero attached hydrogens (tertiary/aromatic N) is 4. The van der Waals surface area contributed by atoms with Crippen LogP contribution in [0.2, 0.25) is 0 Å². The molecule has 3 aromatic rings. The summed E-state index contributed by atoms with van der Waals surface area (Å²) in [5, 5.41) is 9.66. The first-order chi connectivity index (χ1) is 8.75. The maximum Gasteiger partial charge on any atom is 0.149 e. The van der Waals surface area contributed by atoms with Crippen LogP contribution < -0.4 is 0 Å². The molecule has 0 N–H and O–H groups in total. The Kier molecular flexibility index (Phi) is 1.97. The molecule has 0 amide bonds. The molecular formula is C13H12N4S. The summed E-state index contributed by atoms with van der Waals surface area (Å²) in [7, 11) is 0. The molecular weight excluding hydrogens is 244 g/mol. The molecule has 1 saturated carbocycles. The molecule has 0 unspecified atom stereocenters. The second-order valence-electron chi connectivity index (χ2n) is 4.90. The van der Waals surface area contributed by atoms with E-state index in [0.717, 1.165) is 21.4 Å². The van der Waals surface area contributed by atoms with Gasteiger partial charge in [-0.1, -0.05) is 0 Å². The summed E-state index contributed by atoms with van der Waals surface area (Å²) in [5.74, 6) is 0.637. The Morgan fingerprint density at radius 3 is 2.78 bits per heavy atom. The number of hydrogen-bond acceptors (Lipinski definition) is 5. The highest BCUT2D eigenvalue weighted by molar-refractivity contribution is 7.25. The molecule has 4 rings (SSSR count). The van der Waals surface area contributed by atoms with Gasteiger partial charge in [0.2, 0.25) is 0 Å². The lowest BCUT2D eigenvalue weighted by Gasteiger charge is -2.00. The Bertz CT molecular complexity index is 773. The lowest BCUT2D eigenvalue weighted by Crippen LogP contribution is -1.91. The molecule has 18 heavy (non-hydrogen) atoms. The molecule has 3 heterocycles. The molecule has 1 aliphatic rings. The van der Waals surface area contributed by atoms with E-state index in [1.54, 1.807) is 17.7 Å². The van der Waals surface area contributed by atoms with Gasteiger partial charge in [0, 0.05) is 11.3 Å². The molecule has 0 aliphatic heterocycles. The number of aromatic nitrogens is 4. The number of thiophene rings is 1. The van der Waals surface area contributed by atoms with Crippen LogP contribution >= 0.6 is 11.3 Å². The Labute approximate surface area is 108 Å². The first-order valence-corrected chi connectivity index (χ1v) is 6.94. The maximum absolute atomic E-state index is 4.47. The standard InChI is InChI=1S/C13H12N4S/c1-6-7(2)16-17-13-9(6)11-12(18-13)10(8-3-4-8)14-5-15-11/h5,8H,3-4H2,1-2H3. The number of fused-ring (bicyclic) bond motifs is 3. The summed E-state index contributed by atoms with van der Waals surface area (Å²) >= 11 is 1.68. The minimum atomic E-state index is 0.637.